The van der Waals surface area contributed by atoms with Crippen molar-refractivity contribution >= 4 is 11.6 Å². The molecule has 104 valence electrons. The molecule has 0 aliphatic heterocycles. The third-order valence-corrected chi connectivity index (χ3v) is 4.00. The number of hydrogen-bond donors (Lipinski definition) is 3. The van der Waals surface area contributed by atoms with Gasteiger partial charge in [-0.05, 0) is 48.9 Å². The Morgan fingerprint density at radius 3 is 2.42 bits per heavy atom. The van der Waals surface area contributed by atoms with E-state index in [9.17, 15) is 4.79 Å². The predicted molar refractivity (Wildman–Crippen MR) is 77.7 cm³/mol. The number of benzene rings is 1. The Bertz CT molecular complexity index is 408. The maximum Gasteiger partial charge on any atom is 0.251 e. The van der Waals surface area contributed by atoms with Gasteiger partial charge in [0.15, 0.2) is 0 Å². The van der Waals surface area contributed by atoms with Crippen molar-refractivity contribution < 1.29 is 4.79 Å². The highest BCUT2D eigenvalue weighted by Gasteiger charge is 2.18. The van der Waals surface area contributed by atoms with Crippen molar-refractivity contribution in [3.63, 3.8) is 0 Å². The molecule has 0 saturated heterocycles. The number of nitrogens with one attached hydrogen (secondary N) is 2. The number of amides is 1. The number of nitrogen functional groups attached to an aromatic ring is 1. The zero-order valence-corrected chi connectivity index (χ0v) is 11.5. The van der Waals surface area contributed by atoms with Crippen molar-refractivity contribution in [1.82, 2.24) is 5.32 Å². The molecule has 1 aromatic carbocycles. The summed E-state index contributed by atoms with van der Waals surface area (Å²) < 4.78 is 0. The molecular weight excluding hydrogens is 238 g/mol. The van der Waals surface area contributed by atoms with Gasteiger partial charge < -0.3 is 10.7 Å². The quantitative estimate of drug-likeness (QED) is 0.576. The number of carbonyl (C=O) groups is 1. The standard InChI is InChI=1S/C15H23N3O/c1-11-2-4-12(5-3-11)10-17-15(19)13-6-8-14(18-16)9-7-13/h6-9,11-12,18H,2-5,10,16H2,1H3,(H,17,19). The Balaban J connectivity index is 1.80. The van der Waals surface area contributed by atoms with E-state index < -0.39 is 0 Å². The minimum Gasteiger partial charge on any atom is -0.352 e. The number of rotatable bonds is 4. The van der Waals surface area contributed by atoms with Gasteiger partial charge in [0.05, 0.1) is 0 Å². The van der Waals surface area contributed by atoms with Crippen LogP contribution >= 0.6 is 0 Å². The van der Waals surface area contributed by atoms with Crippen LogP contribution in [0.3, 0.4) is 0 Å². The van der Waals surface area contributed by atoms with Crippen LogP contribution in [0.15, 0.2) is 24.3 Å². The van der Waals surface area contributed by atoms with E-state index in [1.54, 1.807) is 24.3 Å². The Kier molecular flexibility index (Phi) is 4.80. The molecule has 1 aliphatic carbocycles. The van der Waals surface area contributed by atoms with E-state index in [1.165, 1.54) is 25.7 Å². The molecule has 0 unspecified atom stereocenters. The summed E-state index contributed by atoms with van der Waals surface area (Å²) in [5.74, 6) is 6.79. The minimum absolute atomic E-state index is 0.00203. The number of hydrazine groups is 1. The smallest absolute Gasteiger partial charge is 0.251 e. The first-order valence-corrected chi connectivity index (χ1v) is 7.04. The van der Waals surface area contributed by atoms with Gasteiger partial charge in [0, 0.05) is 17.8 Å². The normalized spacial score (nSPS) is 22.8. The molecule has 2 rings (SSSR count). The van der Waals surface area contributed by atoms with Crippen LogP contribution in [0.2, 0.25) is 0 Å². The Morgan fingerprint density at radius 2 is 1.84 bits per heavy atom. The lowest BCUT2D eigenvalue weighted by molar-refractivity contribution is 0.0942. The maximum absolute atomic E-state index is 12.0. The third-order valence-electron chi connectivity index (χ3n) is 4.00. The van der Waals surface area contributed by atoms with Crippen LogP contribution in [0.25, 0.3) is 0 Å². The lowest BCUT2D eigenvalue weighted by Crippen LogP contribution is -2.31. The molecule has 4 nitrogen and oxygen atoms in total. The lowest BCUT2D eigenvalue weighted by atomic mass is 9.83. The summed E-state index contributed by atoms with van der Waals surface area (Å²) in [5.41, 5.74) is 4.04. The van der Waals surface area contributed by atoms with Crippen molar-refractivity contribution in [2.75, 3.05) is 12.0 Å². The van der Waals surface area contributed by atoms with Crippen molar-refractivity contribution in [3.05, 3.63) is 29.8 Å². The highest BCUT2D eigenvalue weighted by molar-refractivity contribution is 5.94. The number of anilines is 1. The fourth-order valence-electron chi connectivity index (χ4n) is 2.59. The molecule has 0 aromatic heterocycles. The summed E-state index contributed by atoms with van der Waals surface area (Å²) in [5, 5.41) is 3.03. The Labute approximate surface area is 114 Å². The average Bonchev–Trinajstić information content (AvgIpc) is 2.46. The molecule has 19 heavy (non-hydrogen) atoms. The van der Waals surface area contributed by atoms with Crippen LogP contribution in [0.4, 0.5) is 5.69 Å². The van der Waals surface area contributed by atoms with Gasteiger partial charge in [0.1, 0.15) is 0 Å². The molecule has 0 spiro atoms. The minimum atomic E-state index is 0.00203. The molecule has 1 fully saturated rings. The Morgan fingerprint density at radius 1 is 1.21 bits per heavy atom. The number of hydrogen-bond acceptors (Lipinski definition) is 3. The fraction of sp³-hybridized carbons (Fsp3) is 0.533. The van der Waals surface area contributed by atoms with Crippen molar-refractivity contribution in [2.24, 2.45) is 17.7 Å². The summed E-state index contributed by atoms with van der Waals surface area (Å²) >= 11 is 0. The van der Waals surface area contributed by atoms with Crippen LogP contribution in [0.1, 0.15) is 43.0 Å². The van der Waals surface area contributed by atoms with Crippen LogP contribution in [-0.4, -0.2) is 12.5 Å². The predicted octanol–water partition coefficient (Wildman–Crippen LogP) is 2.53. The summed E-state index contributed by atoms with van der Waals surface area (Å²) in [6.07, 6.45) is 5.05. The zero-order valence-electron chi connectivity index (χ0n) is 11.5. The van der Waals surface area contributed by atoms with Gasteiger partial charge >= 0.3 is 0 Å². The molecule has 0 heterocycles. The molecule has 1 aromatic rings. The van der Waals surface area contributed by atoms with E-state index in [4.69, 9.17) is 5.84 Å². The average molecular weight is 261 g/mol. The van der Waals surface area contributed by atoms with Gasteiger partial charge in [0.2, 0.25) is 0 Å². The summed E-state index contributed by atoms with van der Waals surface area (Å²) in [6, 6.07) is 7.18. The van der Waals surface area contributed by atoms with E-state index in [-0.39, 0.29) is 5.91 Å². The van der Waals surface area contributed by atoms with Crippen LogP contribution in [0.5, 0.6) is 0 Å². The molecule has 0 radical (unpaired) electrons. The second-order valence-corrected chi connectivity index (χ2v) is 5.56. The molecule has 1 amide bonds. The van der Waals surface area contributed by atoms with Gasteiger partial charge in [-0.1, -0.05) is 19.8 Å². The van der Waals surface area contributed by atoms with Crippen LogP contribution in [0, 0.1) is 11.8 Å². The van der Waals surface area contributed by atoms with E-state index in [1.807, 2.05) is 0 Å². The molecule has 1 saturated carbocycles. The molecule has 0 atom stereocenters. The molecule has 4 N–H and O–H groups in total. The summed E-state index contributed by atoms with van der Waals surface area (Å²) in [7, 11) is 0. The molecular formula is C15H23N3O. The second kappa shape index (κ2) is 6.57. The number of nitrogens with two attached hydrogens (primary N) is 1. The third kappa shape index (κ3) is 3.96. The van der Waals surface area contributed by atoms with Gasteiger partial charge in [-0.15, -0.1) is 0 Å². The highest BCUT2D eigenvalue weighted by atomic mass is 16.1. The van der Waals surface area contributed by atoms with E-state index in [0.717, 1.165) is 18.2 Å². The van der Waals surface area contributed by atoms with Crippen LogP contribution < -0.4 is 16.6 Å². The maximum atomic E-state index is 12.0. The van der Waals surface area contributed by atoms with Crippen molar-refractivity contribution in [1.29, 1.82) is 0 Å². The summed E-state index contributed by atoms with van der Waals surface area (Å²) in [4.78, 5) is 12.0. The van der Waals surface area contributed by atoms with Crippen molar-refractivity contribution in [2.45, 2.75) is 32.6 Å². The van der Waals surface area contributed by atoms with Gasteiger partial charge in [-0.25, -0.2) is 0 Å². The van der Waals surface area contributed by atoms with E-state index >= 15 is 0 Å². The lowest BCUT2D eigenvalue weighted by Gasteiger charge is -2.26. The zero-order chi connectivity index (χ0) is 13.7. The second-order valence-electron chi connectivity index (χ2n) is 5.56. The highest BCUT2D eigenvalue weighted by Crippen LogP contribution is 2.27. The molecule has 1 aliphatic rings. The molecule has 4 heteroatoms. The first kappa shape index (κ1) is 13.9. The number of carbonyl (C=O) groups excluding carboxylic acids is 1. The van der Waals surface area contributed by atoms with Gasteiger partial charge in [-0.3, -0.25) is 10.6 Å². The fourth-order valence-corrected chi connectivity index (χ4v) is 2.59. The first-order valence-electron chi connectivity index (χ1n) is 7.04. The van der Waals surface area contributed by atoms with Crippen LogP contribution in [-0.2, 0) is 0 Å². The van der Waals surface area contributed by atoms with Gasteiger partial charge in [-0.2, -0.15) is 0 Å². The SMILES string of the molecule is CC1CCC(CNC(=O)c2ccc(NN)cc2)CC1. The van der Waals surface area contributed by atoms with Crippen molar-refractivity contribution in [3.8, 4) is 0 Å². The van der Waals surface area contributed by atoms with E-state index in [2.05, 4.69) is 17.7 Å². The Hall–Kier alpha value is -1.55. The van der Waals surface area contributed by atoms with E-state index in [0.29, 0.717) is 11.5 Å². The molecule has 0 bridgehead atoms. The first-order chi connectivity index (χ1) is 9.19. The topological polar surface area (TPSA) is 67.2 Å². The van der Waals surface area contributed by atoms with Gasteiger partial charge in [0.25, 0.3) is 5.91 Å². The largest absolute Gasteiger partial charge is 0.352 e. The monoisotopic (exact) mass is 261 g/mol. The summed E-state index contributed by atoms with van der Waals surface area (Å²) in [6.45, 7) is 3.10.